The van der Waals surface area contributed by atoms with Crippen molar-refractivity contribution in [2.45, 2.75) is 66.2 Å². The molecule has 0 aliphatic heterocycles. The summed E-state index contributed by atoms with van der Waals surface area (Å²) < 4.78 is 0. The predicted molar refractivity (Wildman–Crippen MR) is 109 cm³/mol. The number of H-pyrrole nitrogens is 1. The summed E-state index contributed by atoms with van der Waals surface area (Å²) in [6.07, 6.45) is 10.8. The Morgan fingerprint density at radius 2 is 1.46 bits per heavy atom. The Hall–Kier alpha value is -0.726. The van der Waals surface area contributed by atoms with Crippen LogP contribution in [0.3, 0.4) is 0 Å². The second kappa shape index (κ2) is 11.5. The summed E-state index contributed by atoms with van der Waals surface area (Å²) in [5, 5.41) is 2.50. The number of rotatable bonds is 0. The molecule has 3 rings (SSSR count). The maximum atomic E-state index is 3.36. The number of allylic oxidation sites excluding steroid dienone is 2. The summed E-state index contributed by atoms with van der Waals surface area (Å²) in [6.45, 7) is 17.6. The summed E-state index contributed by atoms with van der Waals surface area (Å²) in [5.74, 6) is 0. The van der Waals surface area contributed by atoms with Gasteiger partial charge in [-0.1, -0.05) is 79.0 Å². The minimum Gasteiger partial charge on any atom is -1.00 e. The fourth-order valence-electron chi connectivity index (χ4n) is 2.85. The van der Waals surface area contributed by atoms with Gasteiger partial charge in [0.2, 0.25) is 0 Å². The molecule has 4 heteroatoms. The molecule has 0 saturated heterocycles. The predicted octanol–water partition coefficient (Wildman–Crippen LogP) is -1.11. The van der Waals surface area contributed by atoms with E-state index in [2.05, 4.69) is 103 Å². The molecule has 1 aromatic heterocycles. The number of halogens is 2. The zero-order valence-electron chi connectivity index (χ0n) is 18.2. The molecular weight excluding hydrogens is 421 g/mol. The van der Waals surface area contributed by atoms with Crippen molar-refractivity contribution >= 4 is 12.2 Å². The smallest absolute Gasteiger partial charge is 1.00 e. The maximum absolute atomic E-state index is 3.36. The van der Waals surface area contributed by atoms with Crippen molar-refractivity contribution in [3.63, 3.8) is 0 Å². The quantitative estimate of drug-likeness (QED) is 0.386. The Bertz CT molecular complexity index is 824. The van der Waals surface area contributed by atoms with Crippen molar-refractivity contribution in [3.8, 4) is 0 Å². The van der Waals surface area contributed by atoms with Gasteiger partial charge in [0.1, 0.15) is 0 Å². The fraction of sp³-hybridized carbons (Fsp3) is 0.417. The molecule has 1 N–H and O–H groups in total. The van der Waals surface area contributed by atoms with Gasteiger partial charge in [-0.25, -0.2) is 0 Å². The Morgan fingerprint density at radius 3 is 1.89 bits per heavy atom. The van der Waals surface area contributed by atoms with Gasteiger partial charge in [0.05, 0.1) is 0 Å². The first-order valence-corrected chi connectivity index (χ1v) is 8.98. The molecule has 0 spiro atoms. The standard InChI is InChI=1S/C12H20N.C12H11.2ClH.Ti/c1-11(2,3)9-7-13-8-10(9)12(4,5)6;1-9(2)12-7-10-5-3-4-6-11(10)8-12;;;/h7,13H,1-6H3;3-7H,1-2H3;2*1H;/q2*-1;;;+4/p-2. The van der Waals surface area contributed by atoms with E-state index in [0.29, 0.717) is 0 Å². The van der Waals surface area contributed by atoms with E-state index in [-0.39, 0.29) is 57.4 Å². The number of hydrogen-bond donors (Lipinski definition) is 1. The molecule has 1 heterocycles. The number of hydrogen-bond acceptors (Lipinski definition) is 0. The molecule has 28 heavy (non-hydrogen) atoms. The number of fused-ring (bicyclic) bond motifs is 1. The second-order valence-corrected chi connectivity index (χ2v) is 8.97. The van der Waals surface area contributed by atoms with Gasteiger partial charge >= 0.3 is 21.7 Å². The Morgan fingerprint density at radius 1 is 0.893 bits per heavy atom. The summed E-state index contributed by atoms with van der Waals surface area (Å²) in [7, 11) is 0. The molecule has 0 bridgehead atoms. The minimum atomic E-state index is 0. The summed E-state index contributed by atoms with van der Waals surface area (Å²) >= 11 is 0. The van der Waals surface area contributed by atoms with Crippen LogP contribution in [-0.2, 0) is 32.5 Å². The van der Waals surface area contributed by atoms with Gasteiger partial charge in [-0.15, -0.1) is 57.8 Å². The molecule has 1 nitrogen and oxygen atoms in total. The van der Waals surface area contributed by atoms with Gasteiger partial charge in [0.25, 0.3) is 0 Å². The van der Waals surface area contributed by atoms with Crippen molar-refractivity contribution in [3.05, 3.63) is 69.4 Å². The van der Waals surface area contributed by atoms with Crippen LogP contribution in [0.4, 0.5) is 0 Å². The molecule has 2 aromatic rings. The van der Waals surface area contributed by atoms with E-state index in [1.807, 2.05) is 6.07 Å². The van der Waals surface area contributed by atoms with Gasteiger partial charge in [-0.2, -0.15) is 5.56 Å². The van der Waals surface area contributed by atoms with Gasteiger partial charge in [0.15, 0.2) is 0 Å². The van der Waals surface area contributed by atoms with Crippen LogP contribution in [0.25, 0.3) is 12.2 Å². The Kier molecular flexibility index (Phi) is 12.1. The zero-order chi connectivity index (χ0) is 18.8. The molecule has 0 amide bonds. The molecule has 1 aromatic carbocycles. The minimum absolute atomic E-state index is 0. The zero-order valence-corrected chi connectivity index (χ0v) is 21.3. The molecule has 1 aliphatic carbocycles. The van der Waals surface area contributed by atoms with Crippen LogP contribution in [0.1, 0.15) is 66.5 Å². The third-order valence-corrected chi connectivity index (χ3v) is 4.31. The average Bonchev–Trinajstić information content (AvgIpc) is 3.14. The van der Waals surface area contributed by atoms with Crippen molar-refractivity contribution in [2.24, 2.45) is 0 Å². The van der Waals surface area contributed by atoms with Gasteiger partial charge in [-0.3, -0.25) is 0 Å². The van der Waals surface area contributed by atoms with Crippen LogP contribution < -0.4 is 35.3 Å². The Labute approximate surface area is 198 Å². The third-order valence-electron chi connectivity index (χ3n) is 4.31. The van der Waals surface area contributed by atoms with Crippen LogP contribution in [0.5, 0.6) is 0 Å². The number of nitrogens with one attached hydrogen (secondary N) is 1. The summed E-state index contributed by atoms with van der Waals surface area (Å²) in [5.41, 5.74) is 5.63. The molecule has 0 radical (unpaired) electrons. The molecule has 0 fully saturated rings. The third kappa shape index (κ3) is 7.60. The van der Waals surface area contributed by atoms with Crippen molar-refractivity contribution in [2.75, 3.05) is 0 Å². The summed E-state index contributed by atoms with van der Waals surface area (Å²) in [4.78, 5) is 3.09. The van der Waals surface area contributed by atoms with E-state index in [1.54, 1.807) is 0 Å². The van der Waals surface area contributed by atoms with Crippen LogP contribution in [0.15, 0.2) is 41.6 Å². The normalized spacial score (nSPS) is 11.9. The molecule has 1 aliphatic rings. The largest absolute Gasteiger partial charge is 4.00 e. The fourth-order valence-corrected chi connectivity index (χ4v) is 2.85. The molecule has 150 valence electrons. The van der Waals surface area contributed by atoms with E-state index in [9.17, 15) is 0 Å². The van der Waals surface area contributed by atoms with Gasteiger partial charge in [-0.05, 0) is 5.41 Å². The van der Waals surface area contributed by atoms with Crippen LogP contribution in [0.2, 0.25) is 0 Å². The maximum Gasteiger partial charge on any atom is 4.00 e. The van der Waals surface area contributed by atoms with Gasteiger partial charge in [0, 0.05) is 0 Å². The second-order valence-electron chi connectivity index (χ2n) is 8.97. The summed E-state index contributed by atoms with van der Waals surface area (Å²) in [6, 6.07) is 8.33. The molecule has 0 saturated carbocycles. The van der Waals surface area contributed by atoms with Crippen molar-refractivity contribution in [1.29, 1.82) is 0 Å². The monoisotopic (exact) mass is 451 g/mol. The first kappa shape index (κ1) is 29.5. The molecule has 0 unspecified atom stereocenters. The molecular formula is C24H31Cl2NTi. The average molecular weight is 452 g/mol. The van der Waals surface area contributed by atoms with Crippen molar-refractivity contribution < 1.29 is 46.5 Å². The Balaban J connectivity index is 0. The first-order chi connectivity index (χ1) is 11.5. The topological polar surface area (TPSA) is 15.8 Å². The van der Waals surface area contributed by atoms with Gasteiger partial charge < -0.3 is 29.8 Å². The van der Waals surface area contributed by atoms with E-state index in [1.165, 1.54) is 32.7 Å². The van der Waals surface area contributed by atoms with Crippen molar-refractivity contribution in [1.82, 2.24) is 4.98 Å². The van der Waals surface area contributed by atoms with E-state index in [0.717, 1.165) is 0 Å². The molecule has 0 atom stereocenters. The van der Waals surface area contributed by atoms with E-state index < -0.39 is 0 Å². The number of aromatic amines is 1. The van der Waals surface area contributed by atoms with Crippen LogP contribution >= 0.6 is 0 Å². The van der Waals surface area contributed by atoms with Crippen LogP contribution in [0, 0.1) is 6.20 Å². The van der Waals surface area contributed by atoms with Crippen LogP contribution in [-0.4, -0.2) is 4.98 Å². The number of benzene rings is 1. The SMILES string of the molecule is CC(C)(C)c1[c-][nH]cc1C(C)(C)C.CC(C)=C1[C-]=c2ccccc2=C1.[Cl-].[Cl-].[Ti+4]. The van der Waals surface area contributed by atoms with E-state index in [4.69, 9.17) is 0 Å². The first-order valence-electron chi connectivity index (χ1n) is 8.98. The van der Waals surface area contributed by atoms with E-state index >= 15 is 0 Å². The number of aromatic nitrogens is 1.